The van der Waals surface area contributed by atoms with Gasteiger partial charge in [0.25, 0.3) is 0 Å². The summed E-state index contributed by atoms with van der Waals surface area (Å²) in [6, 6.07) is 9.14. The van der Waals surface area contributed by atoms with E-state index >= 15 is 0 Å². The Hall–Kier alpha value is -0.780. The maximum atomic E-state index is 2.49. The van der Waals surface area contributed by atoms with Gasteiger partial charge in [0.2, 0.25) is 0 Å². The van der Waals surface area contributed by atoms with Gasteiger partial charge in [0.05, 0.1) is 0 Å². The minimum absolute atomic E-state index is 0.223. The first-order valence-electron chi connectivity index (χ1n) is 8.10. The molecule has 0 aliphatic heterocycles. The summed E-state index contributed by atoms with van der Waals surface area (Å²) in [5.41, 5.74) is 4.15. The molecular weight excluding hydrogens is 240 g/mol. The Kier molecular flexibility index (Phi) is 3.40. The molecule has 0 aromatic heterocycles. The average molecular weight is 272 g/mol. The maximum absolute atomic E-state index is 2.49. The molecular formula is C20H32. The molecule has 0 nitrogen and oxygen atoms in total. The molecule has 20 heavy (non-hydrogen) atoms. The second-order valence-electron chi connectivity index (χ2n) is 8.65. The van der Waals surface area contributed by atoms with Gasteiger partial charge in [-0.15, -0.1) is 0 Å². The molecule has 0 radical (unpaired) electrons. The molecule has 0 amide bonds. The summed E-state index contributed by atoms with van der Waals surface area (Å²) in [7, 11) is 0. The third kappa shape index (κ3) is 1.73. The summed E-state index contributed by atoms with van der Waals surface area (Å²) in [5.74, 6) is 0. The molecule has 1 aromatic rings. The van der Waals surface area contributed by atoms with Crippen LogP contribution in [0.1, 0.15) is 72.9 Å². The van der Waals surface area contributed by atoms with E-state index in [9.17, 15) is 0 Å². The van der Waals surface area contributed by atoms with Gasteiger partial charge in [0, 0.05) is 0 Å². The van der Waals surface area contributed by atoms with Crippen molar-refractivity contribution in [3.63, 3.8) is 0 Å². The lowest BCUT2D eigenvalue weighted by atomic mass is 9.46. The summed E-state index contributed by atoms with van der Waals surface area (Å²) in [6.07, 6.45) is 2.37. The van der Waals surface area contributed by atoms with E-state index in [0.29, 0.717) is 5.41 Å². The van der Waals surface area contributed by atoms with Gasteiger partial charge in [-0.3, -0.25) is 0 Å². The van der Waals surface area contributed by atoms with Crippen LogP contribution < -0.4 is 0 Å². The van der Waals surface area contributed by atoms with Crippen LogP contribution in [0.2, 0.25) is 0 Å². The Bertz CT molecular complexity index is 505. The maximum Gasteiger partial charge on any atom is -0.00188 e. The van der Waals surface area contributed by atoms with Gasteiger partial charge in [-0.2, -0.15) is 0 Å². The van der Waals surface area contributed by atoms with Crippen molar-refractivity contribution in [1.82, 2.24) is 0 Å². The predicted octanol–water partition coefficient (Wildman–Crippen LogP) is 5.99. The summed E-state index contributed by atoms with van der Waals surface area (Å²) in [4.78, 5) is 0. The van der Waals surface area contributed by atoms with Crippen LogP contribution in [-0.2, 0) is 11.8 Å². The zero-order valence-corrected chi connectivity index (χ0v) is 14.7. The van der Waals surface area contributed by atoms with Crippen molar-refractivity contribution in [1.29, 1.82) is 0 Å². The molecule has 0 saturated heterocycles. The van der Waals surface area contributed by atoms with E-state index in [1.165, 1.54) is 12.8 Å². The van der Waals surface area contributed by atoms with Gasteiger partial charge in [0.15, 0.2) is 0 Å². The van der Waals surface area contributed by atoms with Crippen LogP contribution in [0.15, 0.2) is 24.3 Å². The van der Waals surface area contributed by atoms with Crippen molar-refractivity contribution in [3.05, 3.63) is 35.4 Å². The Morgan fingerprint density at radius 1 is 0.850 bits per heavy atom. The molecule has 1 aromatic carbocycles. The molecule has 1 unspecified atom stereocenters. The van der Waals surface area contributed by atoms with Gasteiger partial charge in [0.1, 0.15) is 0 Å². The van der Waals surface area contributed by atoms with Crippen LogP contribution in [0.25, 0.3) is 0 Å². The minimum atomic E-state index is 0.223. The van der Waals surface area contributed by atoms with E-state index in [-0.39, 0.29) is 16.2 Å². The van der Waals surface area contributed by atoms with Crippen LogP contribution in [0.3, 0.4) is 0 Å². The molecule has 0 bridgehead atoms. The molecule has 1 aliphatic rings. The highest BCUT2D eigenvalue weighted by atomic mass is 14.6. The van der Waals surface area contributed by atoms with E-state index in [2.05, 4.69) is 79.7 Å². The van der Waals surface area contributed by atoms with E-state index in [1.54, 1.807) is 11.1 Å². The third-order valence-corrected chi connectivity index (χ3v) is 7.59. The number of benzene rings is 1. The first-order chi connectivity index (χ1) is 9.01. The molecule has 0 saturated carbocycles. The predicted molar refractivity (Wildman–Crippen MR) is 89.1 cm³/mol. The molecule has 0 spiro atoms. The van der Waals surface area contributed by atoms with E-state index in [4.69, 9.17) is 0 Å². The quantitative estimate of drug-likeness (QED) is 0.551. The molecule has 1 atom stereocenters. The molecule has 0 heterocycles. The highest BCUT2D eigenvalue weighted by molar-refractivity contribution is 5.39. The summed E-state index contributed by atoms with van der Waals surface area (Å²) >= 11 is 0. The molecule has 0 fully saturated rings. The highest BCUT2D eigenvalue weighted by Crippen LogP contribution is 2.64. The fraction of sp³-hybridized carbons (Fsp3) is 0.700. The average Bonchev–Trinajstić information content (AvgIpc) is 2.39. The standard InChI is InChI=1S/C20H32/c1-9-20(8)16-13-11-10-12-15(16)14-17(2,3)18(4,5)19(20,6)7/h10-13H,9,14H2,1-8H3. The van der Waals surface area contributed by atoms with Gasteiger partial charge in [-0.25, -0.2) is 0 Å². The topological polar surface area (TPSA) is 0 Å². The lowest BCUT2D eigenvalue weighted by molar-refractivity contribution is -0.0618. The normalized spacial score (nSPS) is 30.4. The van der Waals surface area contributed by atoms with Gasteiger partial charge in [-0.1, -0.05) is 79.7 Å². The Balaban J connectivity index is 2.82. The van der Waals surface area contributed by atoms with Crippen molar-refractivity contribution >= 4 is 0 Å². The SMILES string of the molecule is CCC1(C)c2ccccc2CC(C)(C)C(C)(C)C1(C)C. The minimum Gasteiger partial charge on any atom is -0.0645 e. The first-order valence-corrected chi connectivity index (χ1v) is 8.10. The second-order valence-corrected chi connectivity index (χ2v) is 8.65. The highest BCUT2D eigenvalue weighted by Gasteiger charge is 2.58. The number of hydrogen-bond donors (Lipinski definition) is 0. The fourth-order valence-corrected chi connectivity index (χ4v) is 4.41. The zero-order chi connectivity index (χ0) is 15.4. The lowest BCUT2D eigenvalue weighted by Gasteiger charge is -2.58. The molecule has 2 rings (SSSR count). The molecule has 0 N–H and O–H groups in total. The second kappa shape index (κ2) is 4.36. The third-order valence-electron chi connectivity index (χ3n) is 7.59. The van der Waals surface area contributed by atoms with Crippen molar-refractivity contribution in [2.24, 2.45) is 16.2 Å². The largest absolute Gasteiger partial charge is 0.0645 e. The van der Waals surface area contributed by atoms with E-state index in [0.717, 1.165) is 0 Å². The van der Waals surface area contributed by atoms with Gasteiger partial charge >= 0.3 is 0 Å². The summed E-state index contributed by atoms with van der Waals surface area (Å²) < 4.78 is 0. The van der Waals surface area contributed by atoms with Crippen molar-refractivity contribution < 1.29 is 0 Å². The fourth-order valence-electron chi connectivity index (χ4n) is 4.41. The Morgan fingerprint density at radius 3 is 1.95 bits per heavy atom. The summed E-state index contributed by atoms with van der Waals surface area (Å²) in [6.45, 7) is 19.7. The van der Waals surface area contributed by atoms with Gasteiger partial charge in [-0.05, 0) is 45.6 Å². The molecule has 1 aliphatic carbocycles. The monoisotopic (exact) mass is 272 g/mol. The van der Waals surface area contributed by atoms with Crippen LogP contribution in [0, 0.1) is 16.2 Å². The van der Waals surface area contributed by atoms with Crippen LogP contribution in [0.4, 0.5) is 0 Å². The van der Waals surface area contributed by atoms with Crippen molar-refractivity contribution in [2.45, 2.75) is 73.6 Å². The molecule has 112 valence electrons. The zero-order valence-electron chi connectivity index (χ0n) is 14.7. The Labute approximate surface area is 126 Å². The van der Waals surface area contributed by atoms with Crippen molar-refractivity contribution in [3.8, 4) is 0 Å². The Morgan fingerprint density at radius 2 is 1.40 bits per heavy atom. The summed E-state index contributed by atoms with van der Waals surface area (Å²) in [5, 5.41) is 0. The van der Waals surface area contributed by atoms with E-state index in [1.807, 2.05) is 0 Å². The first kappa shape index (κ1) is 15.6. The van der Waals surface area contributed by atoms with Crippen molar-refractivity contribution in [2.75, 3.05) is 0 Å². The number of fused-ring (bicyclic) bond motifs is 1. The van der Waals surface area contributed by atoms with Gasteiger partial charge < -0.3 is 0 Å². The smallest absolute Gasteiger partial charge is 0.00188 e. The van der Waals surface area contributed by atoms with Crippen LogP contribution in [0.5, 0.6) is 0 Å². The van der Waals surface area contributed by atoms with Crippen LogP contribution >= 0.6 is 0 Å². The van der Waals surface area contributed by atoms with Crippen LogP contribution in [-0.4, -0.2) is 0 Å². The number of rotatable bonds is 1. The molecule has 0 heteroatoms. The lowest BCUT2D eigenvalue weighted by Crippen LogP contribution is -2.53. The number of hydrogen-bond acceptors (Lipinski definition) is 0. The van der Waals surface area contributed by atoms with E-state index < -0.39 is 0 Å².